The van der Waals surface area contributed by atoms with E-state index in [9.17, 15) is 33.6 Å². The summed E-state index contributed by atoms with van der Waals surface area (Å²) < 4.78 is 45.7. The molecule has 0 saturated carbocycles. The number of aryl methyl sites for hydroxylation is 5. The van der Waals surface area contributed by atoms with E-state index in [0.717, 1.165) is 93.6 Å². The number of hydrogen-bond acceptors (Lipinski definition) is 21. The fourth-order valence-electron chi connectivity index (χ4n) is 9.69. The number of rotatable bonds is 23. The second-order valence-electron chi connectivity index (χ2n) is 27.4. The number of aromatic carboxylic acids is 1. The third kappa shape index (κ3) is 33.1. The number of aromatic hydroxyl groups is 1. The maximum atomic E-state index is 11.6. The van der Waals surface area contributed by atoms with Crippen LogP contribution in [0.15, 0.2) is 91.0 Å². The van der Waals surface area contributed by atoms with Crippen LogP contribution in [0.25, 0.3) is 0 Å². The molecule has 2 aliphatic rings. The van der Waals surface area contributed by atoms with Crippen molar-refractivity contribution in [1.29, 1.82) is 0 Å². The number of carbonyl (C=O) groups is 7. The van der Waals surface area contributed by atoms with E-state index in [-0.39, 0.29) is 18.3 Å². The van der Waals surface area contributed by atoms with Crippen molar-refractivity contribution in [3.63, 3.8) is 0 Å². The number of aliphatic carboxylic acids is 1. The minimum Gasteiger partial charge on any atom is -0.508 e. The van der Waals surface area contributed by atoms with Crippen LogP contribution in [0.3, 0.4) is 0 Å². The molecule has 0 spiro atoms. The third-order valence-corrected chi connectivity index (χ3v) is 15.6. The lowest BCUT2D eigenvalue weighted by Gasteiger charge is -2.35. The van der Waals surface area contributed by atoms with Crippen molar-refractivity contribution in [2.45, 2.75) is 115 Å². The smallest absolute Gasteiger partial charge is 0.344 e. The summed E-state index contributed by atoms with van der Waals surface area (Å²) in [5, 5.41) is 26.6. The summed E-state index contributed by atoms with van der Waals surface area (Å²) in [6.07, 6.45) is 2.48. The lowest BCUT2D eigenvalue weighted by molar-refractivity contribution is -0.157. The van der Waals surface area contributed by atoms with Gasteiger partial charge in [0.05, 0.1) is 56.3 Å². The summed E-state index contributed by atoms with van der Waals surface area (Å²) in [5.41, 5.74) is 6.35. The van der Waals surface area contributed by atoms with Crippen molar-refractivity contribution in [3.05, 3.63) is 147 Å². The van der Waals surface area contributed by atoms with Gasteiger partial charge in [-0.15, -0.1) is 0 Å². The summed E-state index contributed by atoms with van der Waals surface area (Å²) in [7, 11) is 5.34. The van der Waals surface area contributed by atoms with Gasteiger partial charge in [-0.25, -0.2) is 33.6 Å². The van der Waals surface area contributed by atoms with Crippen molar-refractivity contribution in [2.75, 3.05) is 133 Å². The molecule has 546 valence electrons. The summed E-state index contributed by atoms with van der Waals surface area (Å²) in [6.45, 7) is 42.1. The maximum absolute atomic E-state index is 11.6. The monoisotopic (exact) mass is 1380 g/mol. The average molecular weight is 1380 g/mol. The summed E-state index contributed by atoms with van der Waals surface area (Å²) in [4.78, 5) is 87.9. The van der Waals surface area contributed by atoms with Gasteiger partial charge in [0.2, 0.25) is 0 Å². The number of carboxylic acids is 2. The van der Waals surface area contributed by atoms with Crippen LogP contribution in [-0.2, 0) is 33.3 Å². The summed E-state index contributed by atoms with van der Waals surface area (Å²) in [5.74, 6) is -1.18. The van der Waals surface area contributed by atoms with E-state index in [0.29, 0.717) is 74.5 Å². The first kappa shape index (κ1) is 84.5. The molecule has 0 aromatic heterocycles. The van der Waals surface area contributed by atoms with Gasteiger partial charge in [-0.3, -0.25) is 9.80 Å². The second-order valence-corrected chi connectivity index (χ2v) is 27.4. The molecule has 99 heavy (non-hydrogen) atoms. The minimum atomic E-state index is -1.04. The lowest BCUT2D eigenvalue weighted by Crippen LogP contribution is -2.48. The molecule has 0 atom stereocenters. The van der Waals surface area contributed by atoms with Gasteiger partial charge < -0.3 is 67.8 Å². The molecule has 5 aromatic carbocycles. The maximum Gasteiger partial charge on any atom is 0.344 e. The Morgan fingerprint density at radius 1 is 0.384 bits per heavy atom. The zero-order valence-corrected chi connectivity index (χ0v) is 61.6. The summed E-state index contributed by atoms with van der Waals surface area (Å²) in [6, 6.07) is 24.5. The normalized spacial score (nSPS) is 13.5. The fourth-order valence-corrected chi connectivity index (χ4v) is 9.69. The van der Waals surface area contributed by atoms with Crippen molar-refractivity contribution < 1.29 is 91.5 Å². The zero-order valence-electron chi connectivity index (χ0n) is 61.6. The van der Waals surface area contributed by atoms with Crippen LogP contribution in [0.1, 0.15) is 155 Å². The van der Waals surface area contributed by atoms with Gasteiger partial charge in [0.25, 0.3) is 0 Å². The van der Waals surface area contributed by atoms with Crippen molar-refractivity contribution in [3.8, 4) is 28.7 Å². The summed E-state index contributed by atoms with van der Waals surface area (Å²) >= 11 is 0. The molecule has 0 aliphatic carbocycles. The topological polar surface area (TPSA) is 276 Å². The Morgan fingerprint density at radius 3 is 0.949 bits per heavy atom. The standard InChI is InChI=1S/C21H34N2O3.C20H32N2O3.C15H20O5.C11H12O5.C9H10O3/c1-17-16-18(20(24)25-5)6-7-19(17)26-15-14-23-12-10-22(11-13-23)9-8-21(2,3)4;1-16-15-17(19(23)24)5-6-18(16)25-14-13-22-11-9-21(10-12-22)8-7-20(2,3)4;1-10-8-11(14(17)18-5)6-7-12(10)19-9-13(16)20-15(2,3)4;1-7-5-8(11(14)15-2)3-4-9(7)16-6-10(12)13;1-6-5-7(9(11)12-2)3-4-8(6)10/h6-7,16H,8-15H2,1-5H3;5-6,15H,7-14H2,1-4H3,(H,23,24);6-8H,9H2,1-5H3;3-5H,6H2,1-2H3,(H,12,13);3-5,10H,1-2H3. The van der Waals surface area contributed by atoms with Gasteiger partial charge in [0.1, 0.15) is 47.6 Å². The molecule has 0 bridgehead atoms. The van der Waals surface area contributed by atoms with Crippen LogP contribution in [0, 0.1) is 45.4 Å². The van der Waals surface area contributed by atoms with Gasteiger partial charge in [-0.1, -0.05) is 41.5 Å². The lowest BCUT2D eigenvalue weighted by atomic mass is 9.92. The number of carboxylic acid groups (broad SMARTS) is 2. The Labute approximate surface area is 585 Å². The largest absolute Gasteiger partial charge is 0.508 e. The molecule has 0 radical (unpaired) electrons. The molecule has 0 amide bonds. The Bertz CT molecular complexity index is 3410. The molecule has 5 aromatic rings. The first-order valence-corrected chi connectivity index (χ1v) is 33.1. The Morgan fingerprint density at radius 2 is 0.667 bits per heavy atom. The number of methoxy groups -OCH3 is 4. The Hall–Kier alpha value is -8.77. The van der Waals surface area contributed by atoms with Crippen LogP contribution in [-0.4, -0.2) is 216 Å². The molecule has 0 unspecified atom stereocenters. The number of nitrogens with zero attached hydrogens (tertiary/aromatic N) is 4. The molecule has 7 rings (SSSR count). The van der Waals surface area contributed by atoms with Crippen LogP contribution in [0.4, 0.5) is 0 Å². The number of piperazine rings is 2. The number of ether oxygens (including phenoxy) is 9. The third-order valence-electron chi connectivity index (χ3n) is 15.6. The van der Waals surface area contributed by atoms with Gasteiger partial charge >= 0.3 is 41.8 Å². The zero-order chi connectivity index (χ0) is 74.2. The second kappa shape index (κ2) is 41.6. The number of esters is 5. The van der Waals surface area contributed by atoms with Gasteiger partial charge in [0.15, 0.2) is 13.2 Å². The highest BCUT2D eigenvalue weighted by Gasteiger charge is 2.23. The van der Waals surface area contributed by atoms with Gasteiger partial charge in [0, 0.05) is 65.4 Å². The number of hydrogen-bond donors (Lipinski definition) is 3. The molecule has 2 fully saturated rings. The van der Waals surface area contributed by atoms with Crippen LogP contribution in [0.5, 0.6) is 28.7 Å². The predicted molar refractivity (Wildman–Crippen MR) is 379 cm³/mol. The molecule has 3 N–H and O–H groups in total. The van der Waals surface area contributed by atoms with E-state index >= 15 is 0 Å². The van der Waals surface area contributed by atoms with E-state index in [4.69, 9.17) is 43.7 Å². The predicted octanol–water partition coefficient (Wildman–Crippen LogP) is 11.6. The van der Waals surface area contributed by atoms with Crippen LogP contribution < -0.4 is 18.9 Å². The fraction of sp³-hybridized carbons (Fsp3) is 0.513. The van der Waals surface area contributed by atoms with E-state index < -0.39 is 48.0 Å². The van der Waals surface area contributed by atoms with E-state index in [1.165, 1.54) is 72.6 Å². The quantitative estimate of drug-likeness (QED) is 0.0405. The highest BCUT2D eigenvalue weighted by atomic mass is 16.6. The SMILES string of the molecule is COC(=O)c1ccc(O)c(C)c1.COC(=O)c1ccc(OCC(=O)O)c(C)c1.COC(=O)c1ccc(OCC(=O)OC(C)(C)C)c(C)c1.COC(=O)c1ccc(OCCN2CCN(CCC(C)(C)C)CC2)c(C)c1.Cc1cc(C(=O)O)ccc1OCCN1CCN(CCC(C)(C)C)CC1. The van der Waals surface area contributed by atoms with E-state index in [1.807, 2.05) is 26.0 Å². The molecule has 2 aliphatic heterocycles. The van der Waals surface area contributed by atoms with Gasteiger partial charge in [-0.05, 0) is 211 Å². The highest BCUT2D eigenvalue weighted by molar-refractivity contribution is 5.91. The molecular weight excluding hydrogens is 1270 g/mol. The van der Waals surface area contributed by atoms with Crippen LogP contribution >= 0.6 is 0 Å². The Kier molecular flexibility index (Phi) is 35.5. The van der Waals surface area contributed by atoms with Crippen molar-refractivity contribution in [1.82, 2.24) is 19.6 Å². The molecule has 23 heteroatoms. The van der Waals surface area contributed by atoms with Crippen molar-refractivity contribution >= 4 is 41.8 Å². The highest BCUT2D eigenvalue weighted by Crippen LogP contribution is 2.26. The molecule has 2 heterocycles. The number of phenolic OH excluding ortho intramolecular Hbond substituents is 1. The first-order valence-electron chi connectivity index (χ1n) is 33.1. The molecule has 23 nitrogen and oxygen atoms in total. The van der Waals surface area contributed by atoms with Gasteiger partial charge in [-0.2, -0.15) is 0 Å². The van der Waals surface area contributed by atoms with Crippen molar-refractivity contribution in [2.24, 2.45) is 10.8 Å². The first-order chi connectivity index (χ1) is 46.4. The van der Waals surface area contributed by atoms with E-state index in [2.05, 4.69) is 75.4 Å². The average Bonchev–Trinajstić information content (AvgIpc) is 0.964. The van der Waals surface area contributed by atoms with E-state index in [1.54, 1.807) is 102 Å². The van der Waals surface area contributed by atoms with Crippen LogP contribution in [0.2, 0.25) is 0 Å². The number of benzene rings is 5. The Balaban J connectivity index is 0.000000330. The number of phenols is 1. The molecule has 2 saturated heterocycles. The minimum absolute atomic E-state index is 0.171. The molecular formula is C76H108N4O19. The number of carbonyl (C=O) groups excluding carboxylic acids is 5.